The highest BCUT2D eigenvalue weighted by molar-refractivity contribution is 6.33. The molecule has 0 saturated carbocycles. The maximum absolute atomic E-state index is 11.8. The van der Waals surface area contributed by atoms with E-state index in [1.165, 1.54) is 0 Å². The Balaban J connectivity index is 1.65. The molecule has 7 heteroatoms. The minimum absolute atomic E-state index is 0.180. The Hall–Kier alpha value is -2.60. The van der Waals surface area contributed by atoms with Gasteiger partial charge < -0.3 is 10.1 Å². The lowest BCUT2D eigenvalue weighted by molar-refractivity contribution is -0.118. The molecular weight excluding hydrogens is 292 g/mol. The van der Waals surface area contributed by atoms with Gasteiger partial charge in [0, 0.05) is 6.20 Å². The highest BCUT2D eigenvalue weighted by Gasteiger charge is 2.10. The average molecular weight is 303 g/mol. The number of halogens is 1. The van der Waals surface area contributed by atoms with Gasteiger partial charge in [0.25, 0.3) is 5.91 Å². The number of rotatable bonds is 4. The number of amides is 1. The van der Waals surface area contributed by atoms with Crippen LogP contribution in [0.25, 0.3) is 5.65 Å². The first-order valence-electron chi connectivity index (χ1n) is 6.21. The number of hydrogen-bond acceptors (Lipinski definition) is 4. The summed E-state index contributed by atoms with van der Waals surface area (Å²) < 4.78 is 7.02. The third kappa shape index (κ3) is 2.95. The number of pyridine rings is 1. The molecule has 21 heavy (non-hydrogen) atoms. The molecule has 1 amide bonds. The van der Waals surface area contributed by atoms with Gasteiger partial charge in [-0.1, -0.05) is 34.9 Å². The van der Waals surface area contributed by atoms with Crippen LogP contribution in [-0.4, -0.2) is 27.1 Å². The van der Waals surface area contributed by atoms with Gasteiger partial charge in [-0.05, 0) is 24.3 Å². The van der Waals surface area contributed by atoms with E-state index < -0.39 is 0 Å². The first-order valence-corrected chi connectivity index (χ1v) is 6.59. The third-order valence-corrected chi connectivity index (χ3v) is 3.09. The van der Waals surface area contributed by atoms with E-state index in [0.29, 0.717) is 16.4 Å². The predicted octanol–water partition coefficient (Wildman–Crippen LogP) is 2.40. The van der Waals surface area contributed by atoms with Gasteiger partial charge in [-0.15, -0.1) is 5.10 Å². The van der Waals surface area contributed by atoms with Crippen LogP contribution in [0.5, 0.6) is 6.01 Å². The molecule has 0 aliphatic rings. The van der Waals surface area contributed by atoms with E-state index in [2.05, 4.69) is 15.5 Å². The summed E-state index contributed by atoms with van der Waals surface area (Å²) >= 11 is 5.96. The second-order valence-electron chi connectivity index (χ2n) is 4.23. The van der Waals surface area contributed by atoms with Crippen LogP contribution in [0, 0.1) is 0 Å². The van der Waals surface area contributed by atoms with Gasteiger partial charge >= 0.3 is 6.01 Å². The summed E-state index contributed by atoms with van der Waals surface area (Å²) in [6.45, 7) is -0.180. The van der Waals surface area contributed by atoms with Crippen LogP contribution in [0.4, 0.5) is 5.69 Å². The summed E-state index contributed by atoms with van der Waals surface area (Å²) in [5, 5.41) is 10.9. The number of benzene rings is 1. The number of aromatic nitrogens is 3. The van der Waals surface area contributed by atoms with Gasteiger partial charge in [-0.25, -0.2) is 0 Å². The fourth-order valence-electron chi connectivity index (χ4n) is 1.80. The van der Waals surface area contributed by atoms with Crippen molar-refractivity contribution in [2.75, 3.05) is 11.9 Å². The second-order valence-corrected chi connectivity index (χ2v) is 4.64. The van der Waals surface area contributed by atoms with Crippen molar-refractivity contribution < 1.29 is 9.53 Å². The van der Waals surface area contributed by atoms with Crippen molar-refractivity contribution in [3.05, 3.63) is 53.7 Å². The van der Waals surface area contributed by atoms with Crippen molar-refractivity contribution in [1.82, 2.24) is 14.6 Å². The maximum atomic E-state index is 11.8. The van der Waals surface area contributed by atoms with Crippen molar-refractivity contribution in [3.8, 4) is 6.01 Å². The lowest BCUT2D eigenvalue weighted by atomic mass is 10.3. The zero-order valence-electron chi connectivity index (χ0n) is 10.9. The van der Waals surface area contributed by atoms with E-state index in [-0.39, 0.29) is 18.5 Å². The fourth-order valence-corrected chi connectivity index (χ4v) is 1.98. The summed E-state index contributed by atoms with van der Waals surface area (Å²) in [4.78, 5) is 11.8. The molecule has 0 spiro atoms. The van der Waals surface area contributed by atoms with Crippen LogP contribution in [0.1, 0.15) is 0 Å². The van der Waals surface area contributed by atoms with Crippen LogP contribution in [-0.2, 0) is 4.79 Å². The van der Waals surface area contributed by atoms with E-state index in [9.17, 15) is 4.79 Å². The first-order chi connectivity index (χ1) is 10.2. The Labute approximate surface area is 125 Å². The summed E-state index contributed by atoms with van der Waals surface area (Å²) in [7, 11) is 0. The molecule has 2 aromatic heterocycles. The molecule has 3 aromatic rings. The van der Waals surface area contributed by atoms with Gasteiger partial charge in [0.15, 0.2) is 12.3 Å². The van der Waals surface area contributed by atoms with Crippen molar-refractivity contribution in [1.29, 1.82) is 0 Å². The predicted molar refractivity (Wildman–Crippen MR) is 78.6 cm³/mol. The zero-order chi connectivity index (χ0) is 14.7. The van der Waals surface area contributed by atoms with Crippen molar-refractivity contribution in [3.63, 3.8) is 0 Å². The molecule has 6 nitrogen and oxygen atoms in total. The smallest absolute Gasteiger partial charge is 0.322 e. The van der Waals surface area contributed by atoms with Crippen molar-refractivity contribution in [2.24, 2.45) is 0 Å². The van der Waals surface area contributed by atoms with E-state index in [0.717, 1.165) is 0 Å². The largest absolute Gasteiger partial charge is 0.453 e. The molecule has 3 rings (SSSR count). The molecule has 0 aliphatic heterocycles. The second kappa shape index (κ2) is 5.80. The average Bonchev–Trinajstić information content (AvgIpc) is 2.91. The molecule has 0 unspecified atom stereocenters. The van der Waals surface area contributed by atoms with E-state index in [1.807, 2.05) is 12.1 Å². The monoisotopic (exact) mass is 302 g/mol. The maximum Gasteiger partial charge on any atom is 0.322 e. The number of fused-ring (bicyclic) bond motifs is 1. The van der Waals surface area contributed by atoms with Gasteiger partial charge in [-0.3, -0.25) is 9.20 Å². The van der Waals surface area contributed by atoms with E-state index >= 15 is 0 Å². The Morgan fingerprint density at radius 2 is 2.00 bits per heavy atom. The molecular formula is C14H11ClN4O2. The minimum atomic E-state index is -0.323. The van der Waals surface area contributed by atoms with E-state index in [4.69, 9.17) is 16.3 Å². The SMILES string of the molecule is O=C(COc1nnc2ccccn12)Nc1ccccc1Cl. The molecule has 0 radical (unpaired) electrons. The Morgan fingerprint density at radius 1 is 1.19 bits per heavy atom. The molecule has 1 aromatic carbocycles. The Kier molecular flexibility index (Phi) is 3.70. The quantitative estimate of drug-likeness (QED) is 0.803. The molecule has 0 atom stereocenters. The van der Waals surface area contributed by atoms with Crippen LogP contribution in [0.3, 0.4) is 0 Å². The summed E-state index contributed by atoms with van der Waals surface area (Å²) in [6, 6.07) is 12.7. The highest BCUT2D eigenvalue weighted by atomic mass is 35.5. The zero-order valence-corrected chi connectivity index (χ0v) is 11.6. The lowest BCUT2D eigenvalue weighted by Crippen LogP contribution is -2.21. The number of para-hydroxylation sites is 1. The van der Waals surface area contributed by atoms with Gasteiger partial charge in [0.1, 0.15) is 0 Å². The number of nitrogens with one attached hydrogen (secondary N) is 1. The lowest BCUT2D eigenvalue weighted by Gasteiger charge is -2.07. The summed E-state index contributed by atoms with van der Waals surface area (Å²) in [5.41, 5.74) is 1.19. The number of anilines is 1. The summed E-state index contributed by atoms with van der Waals surface area (Å²) in [6.07, 6.45) is 1.76. The van der Waals surface area contributed by atoms with Crippen molar-refractivity contribution in [2.45, 2.75) is 0 Å². The number of carbonyl (C=O) groups is 1. The highest BCUT2D eigenvalue weighted by Crippen LogP contribution is 2.20. The third-order valence-electron chi connectivity index (χ3n) is 2.76. The standard InChI is InChI=1S/C14H11ClN4O2/c15-10-5-1-2-6-11(10)16-13(20)9-21-14-18-17-12-7-3-4-8-19(12)14/h1-8H,9H2,(H,16,20). The van der Waals surface area contributed by atoms with Crippen LogP contribution >= 0.6 is 11.6 Å². The van der Waals surface area contributed by atoms with Crippen LogP contribution in [0.15, 0.2) is 48.7 Å². The Morgan fingerprint density at radius 3 is 2.86 bits per heavy atom. The van der Waals surface area contributed by atoms with Gasteiger partial charge in [-0.2, -0.15) is 0 Å². The first kappa shape index (κ1) is 13.4. The number of carbonyl (C=O) groups excluding carboxylic acids is 1. The van der Waals surface area contributed by atoms with Crippen molar-refractivity contribution >= 4 is 28.8 Å². The number of hydrogen-bond donors (Lipinski definition) is 1. The molecule has 1 N–H and O–H groups in total. The van der Waals surface area contributed by atoms with Gasteiger partial charge in [0.05, 0.1) is 10.7 Å². The van der Waals surface area contributed by atoms with Crippen LogP contribution < -0.4 is 10.1 Å². The molecule has 0 aliphatic carbocycles. The fraction of sp³-hybridized carbons (Fsp3) is 0.0714. The Bertz CT molecular complexity index is 787. The molecule has 0 fully saturated rings. The number of nitrogens with zero attached hydrogens (tertiary/aromatic N) is 3. The molecule has 0 saturated heterocycles. The number of ether oxygens (including phenoxy) is 1. The van der Waals surface area contributed by atoms with Crippen LogP contribution in [0.2, 0.25) is 5.02 Å². The normalized spacial score (nSPS) is 10.5. The van der Waals surface area contributed by atoms with E-state index in [1.54, 1.807) is 40.9 Å². The van der Waals surface area contributed by atoms with Gasteiger partial charge in [0.2, 0.25) is 0 Å². The molecule has 106 valence electrons. The molecule has 0 bridgehead atoms. The minimum Gasteiger partial charge on any atom is -0.453 e. The summed E-state index contributed by atoms with van der Waals surface area (Å²) in [5.74, 6) is -0.323. The molecule has 2 heterocycles. The topological polar surface area (TPSA) is 68.5 Å².